The first-order chi connectivity index (χ1) is 12.6. The molecular formula is C20H21FN2O2S. The number of thiophene rings is 1. The Morgan fingerprint density at radius 2 is 1.92 bits per heavy atom. The largest absolute Gasteiger partial charge is 0.481 e. The molecule has 0 spiro atoms. The third kappa shape index (κ3) is 4.20. The summed E-state index contributed by atoms with van der Waals surface area (Å²) in [5, 5.41) is 6.22. The predicted octanol–water partition coefficient (Wildman–Crippen LogP) is 3.84. The molecule has 1 aromatic heterocycles. The van der Waals surface area contributed by atoms with Gasteiger partial charge in [0.1, 0.15) is 0 Å². The van der Waals surface area contributed by atoms with E-state index in [2.05, 4.69) is 27.7 Å². The minimum Gasteiger partial charge on any atom is -0.481 e. The number of para-hydroxylation sites is 1. The zero-order valence-corrected chi connectivity index (χ0v) is 15.6. The topological polar surface area (TPSA) is 41.6 Å². The summed E-state index contributed by atoms with van der Waals surface area (Å²) >= 11 is 1.70. The summed E-state index contributed by atoms with van der Waals surface area (Å²) in [5.41, 5.74) is 1.19. The average molecular weight is 372 g/mol. The van der Waals surface area contributed by atoms with Crippen molar-refractivity contribution in [3.05, 3.63) is 65.3 Å². The summed E-state index contributed by atoms with van der Waals surface area (Å²) in [6, 6.07) is 14.3. The second-order valence-electron chi connectivity index (χ2n) is 6.19. The maximum atomic E-state index is 13.5. The Morgan fingerprint density at radius 3 is 2.69 bits per heavy atom. The highest BCUT2D eigenvalue weighted by Gasteiger charge is 2.19. The van der Waals surface area contributed by atoms with Crippen LogP contribution >= 0.6 is 11.3 Å². The Hall–Kier alpha value is -2.44. The normalized spacial score (nSPS) is 12.3. The Labute approximate surface area is 156 Å². The number of rotatable bonds is 7. The number of halogens is 1. The number of hydrogen-bond donors (Lipinski definition) is 1. The molecule has 0 fully saturated rings. The maximum Gasteiger partial charge on any atom is 0.258 e. The fourth-order valence-electron chi connectivity index (χ4n) is 2.79. The van der Waals surface area contributed by atoms with E-state index in [-0.39, 0.29) is 24.3 Å². The molecule has 0 bridgehead atoms. The third-order valence-corrected chi connectivity index (χ3v) is 5.16. The zero-order valence-electron chi connectivity index (χ0n) is 14.7. The highest BCUT2D eigenvalue weighted by molar-refractivity contribution is 7.17. The number of carbonyl (C=O) groups is 1. The molecule has 0 aliphatic rings. The molecule has 0 aliphatic heterocycles. The quantitative estimate of drug-likeness (QED) is 0.685. The number of likely N-dealkylation sites (N-methyl/N-ethyl adjacent to an activating group) is 1. The summed E-state index contributed by atoms with van der Waals surface area (Å²) in [6.45, 7) is 0.235. The van der Waals surface area contributed by atoms with Gasteiger partial charge in [0.15, 0.2) is 18.2 Å². The Kier molecular flexibility index (Phi) is 5.85. The van der Waals surface area contributed by atoms with Crippen molar-refractivity contribution in [2.75, 3.05) is 27.2 Å². The molecule has 6 heteroatoms. The van der Waals surface area contributed by atoms with Crippen molar-refractivity contribution < 1.29 is 13.9 Å². The molecule has 0 unspecified atom stereocenters. The van der Waals surface area contributed by atoms with Gasteiger partial charge < -0.3 is 15.0 Å². The summed E-state index contributed by atoms with van der Waals surface area (Å²) in [7, 11) is 3.97. The number of ether oxygens (including phenoxy) is 1. The van der Waals surface area contributed by atoms with Gasteiger partial charge in [-0.2, -0.15) is 0 Å². The summed E-state index contributed by atoms with van der Waals surface area (Å²) in [6.07, 6.45) is 0. The predicted molar refractivity (Wildman–Crippen MR) is 103 cm³/mol. The highest BCUT2D eigenvalue weighted by atomic mass is 32.1. The van der Waals surface area contributed by atoms with Gasteiger partial charge in [0, 0.05) is 11.2 Å². The Morgan fingerprint density at radius 1 is 1.19 bits per heavy atom. The first-order valence-electron chi connectivity index (χ1n) is 8.33. The van der Waals surface area contributed by atoms with Crippen LogP contribution < -0.4 is 10.1 Å². The van der Waals surface area contributed by atoms with Gasteiger partial charge in [0.2, 0.25) is 0 Å². The van der Waals surface area contributed by atoms with Gasteiger partial charge >= 0.3 is 0 Å². The van der Waals surface area contributed by atoms with Gasteiger partial charge in [-0.05, 0) is 48.6 Å². The molecular weight excluding hydrogens is 351 g/mol. The average Bonchev–Trinajstić information content (AvgIpc) is 3.05. The molecule has 0 radical (unpaired) electrons. The summed E-state index contributed by atoms with van der Waals surface area (Å²) < 4.78 is 20.0. The van der Waals surface area contributed by atoms with Gasteiger partial charge in [0.05, 0.1) is 6.04 Å². The van der Waals surface area contributed by atoms with Crippen LogP contribution in [0.5, 0.6) is 5.75 Å². The molecule has 4 nitrogen and oxygen atoms in total. The molecule has 3 rings (SSSR count). The van der Waals surface area contributed by atoms with Crippen molar-refractivity contribution in [2.45, 2.75) is 6.04 Å². The molecule has 136 valence electrons. The van der Waals surface area contributed by atoms with Gasteiger partial charge in [-0.3, -0.25) is 4.79 Å². The molecule has 1 atom stereocenters. The van der Waals surface area contributed by atoms with E-state index >= 15 is 0 Å². The number of fused-ring (bicyclic) bond motifs is 1. The van der Waals surface area contributed by atoms with E-state index in [0.29, 0.717) is 6.54 Å². The van der Waals surface area contributed by atoms with Crippen LogP contribution in [0.15, 0.2) is 53.9 Å². The van der Waals surface area contributed by atoms with Crippen LogP contribution in [0.1, 0.15) is 11.6 Å². The van der Waals surface area contributed by atoms with Gasteiger partial charge in [0.25, 0.3) is 5.91 Å². The van der Waals surface area contributed by atoms with E-state index in [0.717, 1.165) is 0 Å². The molecule has 1 N–H and O–H groups in total. The molecule has 2 aromatic carbocycles. The minimum absolute atomic E-state index is 0.0450. The van der Waals surface area contributed by atoms with Crippen molar-refractivity contribution in [2.24, 2.45) is 0 Å². The summed E-state index contributed by atoms with van der Waals surface area (Å²) in [4.78, 5) is 14.2. The smallest absolute Gasteiger partial charge is 0.258 e. The van der Waals surface area contributed by atoms with Gasteiger partial charge in [-0.1, -0.05) is 30.3 Å². The van der Waals surface area contributed by atoms with Gasteiger partial charge in [-0.15, -0.1) is 11.3 Å². The van der Waals surface area contributed by atoms with Crippen LogP contribution in [0.25, 0.3) is 10.1 Å². The van der Waals surface area contributed by atoms with Crippen LogP contribution in [0.2, 0.25) is 0 Å². The van der Waals surface area contributed by atoms with E-state index in [1.54, 1.807) is 23.5 Å². The second kappa shape index (κ2) is 8.29. The number of amides is 1. The van der Waals surface area contributed by atoms with Crippen molar-refractivity contribution in [1.82, 2.24) is 10.2 Å². The van der Waals surface area contributed by atoms with Gasteiger partial charge in [-0.25, -0.2) is 4.39 Å². The van der Waals surface area contributed by atoms with E-state index in [9.17, 15) is 9.18 Å². The number of hydrogen-bond acceptors (Lipinski definition) is 4. The first-order valence-corrected chi connectivity index (χ1v) is 9.21. The molecule has 26 heavy (non-hydrogen) atoms. The molecule has 1 heterocycles. The molecule has 0 aliphatic carbocycles. The van der Waals surface area contributed by atoms with E-state index in [4.69, 9.17) is 4.74 Å². The molecule has 1 amide bonds. The fraction of sp³-hybridized carbons (Fsp3) is 0.250. The van der Waals surface area contributed by atoms with Crippen LogP contribution in [-0.4, -0.2) is 38.1 Å². The monoisotopic (exact) mass is 372 g/mol. The SMILES string of the molecule is CN(C)[C@@H](CNC(=O)COc1ccccc1F)c1csc2ccccc12. The number of nitrogens with zero attached hydrogens (tertiary/aromatic N) is 1. The molecule has 0 saturated heterocycles. The minimum atomic E-state index is -0.476. The lowest BCUT2D eigenvalue weighted by atomic mass is 10.0. The van der Waals surface area contributed by atoms with Crippen LogP contribution in [0.3, 0.4) is 0 Å². The van der Waals surface area contributed by atoms with Crippen molar-refractivity contribution in [3.8, 4) is 5.75 Å². The Balaban J connectivity index is 1.62. The maximum absolute atomic E-state index is 13.5. The van der Waals surface area contributed by atoms with E-state index in [1.807, 2.05) is 26.2 Å². The Bertz CT molecular complexity index is 894. The second-order valence-corrected chi connectivity index (χ2v) is 7.10. The van der Waals surface area contributed by atoms with Crippen LogP contribution in [0.4, 0.5) is 4.39 Å². The highest BCUT2D eigenvalue weighted by Crippen LogP contribution is 2.31. The third-order valence-electron chi connectivity index (χ3n) is 4.18. The number of carbonyl (C=O) groups excluding carboxylic acids is 1. The lowest BCUT2D eigenvalue weighted by Gasteiger charge is -2.24. The van der Waals surface area contributed by atoms with E-state index in [1.165, 1.54) is 27.8 Å². The fourth-order valence-corrected chi connectivity index (χ4v) is 3.80. The number of benzene rings is 2. The van der Waals surface area contributed by atoms with Crippen LogP contribution in [-0.2, 0) is 4.79 Å². The zero-order chi connectivity index (χ0) is 18.5. The number of nitrogens with one attached hydrogen (secondary N) is 1. The summed E-state index contributed by atoms with van der Waals surface area (Å²) in [5.74, 6) is -0.675. The standard InChI is InChI=1S/C20H21FN2O2S/c1-23(2)17(15-13-26-19-10-6-3-7-14(15)19)11-22-20(24)12-25-18-9-5-4-8-16(18)21/h3-10,13,17H,11-12H2,1-2H3,(H,22,24)/t17-/m0/s1. The molecule has 3 aromatic rings. The lowest BCUT2D eigenvalue weighted by molar-refractivity contribution is -0.123. The van der Waals surface area contributed by atoms with Crippen molar-refractivity contribution in [1.29, 1.82) is 0 Å². The van der Waals surface area contributed by atoms with Crippen molar-refractivity contribution in [3.63, 3.8) is 0 Å². The van der Waals surface area contributed by atoms with E-state index < -0.39 is 5.82 Å². The molecule has 0 saturated carbocycles. The first kappa shape index (κ1) is 18.4. The van der Waals surface area contributed by atoms with Crippen LogP contribution in [0, 0.1) is 5.82 Å². The lowest BCUT2D eigenvalue weighted by Crippen LogP contribution is -2.36. The van der Waals surface area contributed by atoms with Crippen molar-refractivity contribution >= 4 is 27.3 Å².